The highest BCUT2D eigenvalue weighted by Crippen LogP contribution is 2.20. The molecule has 0 amide bonds. The highest BCUT2D eigenvalue weighted by atomic mass is 79.9. The Morgan fingerprint density at radius 3 is 2.27 bits per heavy atom. The van der Waals surface area contributed by atoms with Crippen LogP contribution in [-0.2, 0) is 15.6 Å². The van der Waals surface area contributed by atoms with Gasteiger partial charge in [0.05, 0.1) is 5.75 Å². The molecule has 0 N–H and O–H groups in total. The van der Waals surface area contributed by atoms with Crippen molar-refractivity contribution in [2.75, 3.05) is 0 Å². The molecule has 0 spiro atoms. The number of sulfone groups is 1. The Balaban J connectivity index is 2.31. The van der Waals surface area contributed by atoms with E-state index in [0.717, 1.165) is 4.47 Å². The van der Waals surface area contributed by atoms with Gasteiger partial charge in [-0.15, -0.1) is 0 Å². The van der Waals surface area contributed by atoms with E-state index in [-0.39, 0.29) is 10.7 Å². The first-order chi connectivity index (χ1) is 10.4. The molecule has 2 aromatic carbocycles. The van der Waals surface area contributed by atoms with E-state index in [1.165, 1.54) is 6.08 Å². The minimum Gasteiger partial charge on any atom is -0.223 e. The Morgan fingerprint density at radius 1 is 1.14 bits per heavy atom. The smallest absolute Gasteiger partial charge is 0.192 e. The van der Waals surface area contributed by atoms with Gasteiger partial charge >= 0.3 is 0 Å². The summed E-state index contributed by atoms with van der Waals surface area (Å²) in [5.41, 5.74) is 1.24. The number of rotatable bonds is 4. The van der Waals surface area contributed by atoms with E-state index in [4.69, 9.17) is 11.6 Å². The summed E-state index contributed by atoms with van der Waals surface area (Å²) >= 11 is 9.08. The van der Waals surface area contributed by atoms with Gasteiger partial charge in [-0.2, -0.15) is 5.26 Å². The van der Waals surface area contributed by atoms with Crippen LogP contribution in [0.2, 0.25) is 5.02 Å². The minimum absolute atomic E-state index is 0.236. The first kappa shape index (κ1) is 16.8. The van der Waals surface area contributed by atoms with Crippen molar-refractivity contribution in [3.05, 3.63) is 74.1 Å². The number of benzene rings is 2. The fraction of sp³-hybridized carbons (Fsp3) is 0.0625. The summed E-state index contributed by atoms with van der Waals surface area (Å²) in [5, 5.41) is 9.71. The molecule has 0 atom stereocenters. The number of hydrogen-bond acceptors (Lipinski definition) is 3. The highest BCUT2D eigenvalue weighted by molar-refractivity contribution is 9.10. The van der Waals surface area contributed by atoms with Crippen LogP contribution in [0.5, 0.6) is 0 Å². The molecule has 112 valence electrons. The quantitative estimate of drug-likeness (QED) is 0.711. The molecule has 0 saturated carbocycles. The maximum Gasteiger partial charge on any atom is 0.192 e. The van der Waals surface area contributed by atoms with Gasteiger partial charge in [0, 0.05) is 9.50 Å². The van der Waals surface area contributed by atoms with Gasteiger partial charge in [-0.05, 0) is 41.5 Å². The van der Waals surface area contributed by atoms with Gasteiger partial charge in [-0.1, -0.05) is 51.8 Å². The molecule has 2 aromatic rings. The van der Waals surface area contributed by atoms with Crippen LogP contribution in [0.4, 0.5) is 0 Å². The van der Waals surface area contributed by atoms with E-state index in [1.54, 1.807) is 54.6 Å². The maximum atomic E-state index is 12.4. The normalized spacial score (nSPS) is 12.0. The molecule has 6 heteroatoms. The molecule has 0 saturated heterocycles. The summed E-state index contributed by atoms with van der Waals surface area (Å²) in [4.78, 5) is -0.259. The predicted octanol–water partition coefficient (Wildman–Crippen LogP) is 4.58. The molecule has 0 fully saturated rings. The van der Waals surface area contributed by atoms with E-state index in [2.05, 4.69) is 15.9 Å². The summed E-state index contributed by atoms with van der Waals surface area (Å²) in [5.74, 6) is -0.236. The molecule has 0 heterocycles. The third-order valence-corrected chi connectivity index (χ3v) is 5.26. The highest BCUT2D eigenvalue weighted by Gasteiger charge is 2.18. The Morgan fingerprint density at radius 2 is 1.73 bits per heavy atom. The predicted molar refractivity (Wildman–Crippen MR) is 91.8 cm³/mol. The zero-order valence-corrected chi connectivity index (χ0v) is 14.5. The van der Waals surface area contributed by atoms with Crippen LogP contribution in [0, 0.1) is 11.3 Å². The third-order valence-electron chi connectivity index (χ3n) is 2.88. The Hall–Kier alpha value is -1.61. The Kier molecular flexibility index (Phi) is 5.41. The second-order valence-electron chi connectivity index (χ2n) is 4.56. The van der Waals surface area contributed by atoms with Crippen molar-refractivity contribution >= 4 is 43.4 Å². The Labute approximate surface area is 142 Å². The van der Waals surface area contributed by atoms with Crippen molar-refractivity contribution in [1.29, 1.82) is 5.26 Å². The molecule has 0 aliphatic heterocycles. The van der Waals surface area contributed by atoms with Crippen molar-refractivity contribution in [3.63, 3.8) is 0 Å². The number of nitrogens with zero attached hydrogens (tertiary/aromatic N) is 1. The van der Waals surface area contributed by atoms with Crippen LogP contribution < -0.4 is 0 Å². The lowest BCUT2D eigenvalue weighted by Crippen LogP contribution is -2.06. The van der Waals surface area contributed by atoms with E-state index in [0.29, 0.717) is 16.1 Å². The van der Waals surface area contributed by atoms with Crippen molar-refractivity contribution in [2.45, 2.75) is 5.75 Å². The molecule has 0 aliphatic rings. The molecule has 2 rings (SSSR count). The summed E-state index contributed by atoms with van der Waals surface area (Å²) in [7, 11) is -3.70. The van der Waals surface area contributed by atoms with E-state index in [1.807, 2.05) is 0 Å². The van der Waals surface area contributed by atoms with Crippen molar-refractivity contribution < 1.29 is 8.42 Å². The second kappa shape index (κ2) is 7.10. The van der Waals surface area contributed by atoms with Crippen molar-refractivity contribution in [1.82, 2.24) is 0 Å². The maximum absolute atomic E-state index is 12.4. The molecule has 0 aliphatic carbocycles. The standard InChI is InChI=1S/C16H11BrClNO2S/c17-14-5-1-12(2-6-14)9-16(10-19)22(20,21)11-13-3-7-15(18)8-4-13/h1-9H,11H2. The van der Waals surface area contributed by atoms with Crippen LogP contribution in [0.1, 0.15) is 11.1 Å². The second-order valence-corrected chi connectivity index (χ2v) is 7.87. The lowest BCUT2D eigenvalue weighted by Gasteiger charge is -2.04. The topological polar surface area (TPSA) is 57.9 Å². The van der Waals surface area contributed by atoms with E-state index < -0.39 is 9.84 Å². The van der Waals surface area contributed by atoms with Crippen LogP contribution in [0.25, 0.3) is 6.08 Å². The lowest BCUT2D eigenvalue weighted by molar-refractivity contribution is 0.602. The van der Waals surface area contributed by atoms with E-state index in [9.17, 15) is 13.7 Å². The summed E-state index contributed by atoms with van der Waals surface area (Å²) in [6.07, 6.45) is 1.37. The van der Waals surface area contributed by atoms with Crippen LogP contribution in [-0.4, -0.2) is 8.42 Å². The van der Waals surface area contributed by atoms with E-state index >= 15 is 0 Å². The molecule has 0 aromatic heterocycles. The van der Waals surface area contributed by atoms with Crippen LogP contribution in [0.3, 0.4) is 0 Å². The summed E-state index contributed by atoms with van der Waals surface area (Å²) < 4.78 is 25.6. The largest absolute Gasteiger partial charge is 0.223 e. The van der Waals surface area contributed by atoms with Crippen LogP contribution >= 0.6 is 27.5 Å². The SMILES string of the molecule is N#CC(=Cc1ccc(Br)cc1)S(=O)(=O)Cc1ccc(Cl)cc1. The fourth-order valence-electron chi connectivity index (χ4n) is 1.78. The molecule has 3 nitrogen and oxygen atoms in total. The van der Waals surface area contributed by atoms with Gasteiger partial charge in [0.2, 0.25) is 0 Å². The molecule has 0 radical (unpaired) electrons. The summed E-state index contributed by atoms with van der Waals surface area (Å²) in [6, 6.07) is 15.3. The molecule has 0 bridgehead atoms. The summed E-state index contributed by atoms with van der Waals surface area (Å²) in [6.45, 7) is 0. The minimum atomic E-state index is -3.70. The molecular weight excluding hydrogens is 386 g/mol. The number of hydrogen-bond donors (Lipinski definition) is 0. The van der Waals surface area contributed by atoms with Gasteiger partial charge in [0.25, 0.3) is 0 Å². The average molecular weight is 397 g/mol. The first-order valence-corrected chi connectivity index (χ1v) is 9.07. The lowest BCUT2D eigenvalue weighted by atomic mass is 10.2. The molecule has 22 heavy (non-hydrogen) atoms. The van der Waals surface area contributed by atoms with Gasteiger partial charge < -0.3 is 0 Å². The average Bonchev–Trinajstić information content (AvgIpc) is 2.48. The van der Waals surface area contributed by atoms with Gasteiger partial charge in [-0.3, -0.25) is 0 Å². The van der Waals surface area contributed by atoms with Crippen LogP contribution in [0.15, 0.2) is 57.9 Å². The number of allylic oxidation sites excluding steroid dienone is 1. The van der Waals surface area contributed by atoms with Crippen molar-refractivity contribution in [3.8, 4) is 6.07 Å². The zero-order valence-electron chi connectivity index (χ0n) is 11.3. The number of nitriles is 1. The van der Waals surface area contributed by atoms with Gasteiger partial charge in [-0.25, -0.2) is 8.42 Å². The molecule has 0 unspecified atom stereocenters. The first-order valence-electron chi connectivity index (χ1n) is 6.25. The monoisotopic (exact) mass is 395 g/mol. The third kappa shape index (κ3) is 4.44. The number of halogens is 2. The van der Waals surface area contributed by atoms with Crippen molar-refractivity contribution in [2.24, 2.45) is 0 Å². The zero-order chi connectivity index (χ0) is 16.2. The Bertz CT molecular complexity index is 835. The molecular formula is C16H11BrClNO2S. The van der Waals surface area contributed by atoms with Gasteiger partial charge in [0.15, 0.2) is 9.84 Å². The fourth-order valence-corrected chi connectivity index (χ4v) is 3.41. The van der Waals surface area contributed by atoms with Gasteiger partial charge in [0.1, 0.15) is 11.0 Å².